The van der Waals surface area contributed by atoms with Crippen LogP contribution in [0.25, 0.3) is 0 Å². The lowest BCUT2D eigenvalue weighted by atomic mass is 10.0. The first-order chi connectivity index (χ1) is 6.00. The summed E-state index contributed by atoms with van der Waals surface area (Å²) >= 11 is 0. The zero-order valence-corrected chi connectivity index (χ0v) is 9.05. The average molecular weight is 185 g/mol. The summed E-state index contributed by atoms with van der Waals surface area (Å²) in [5.74, 6) is 0.562. The first-order valence-electron chi connectivity index (χ1n) is 5.03. The molecule has 2 atom stereocenters. The van der Waals surface area contributed by atoms with Gasteiger partial charge in [0.25, 0.3) is 0 Å². The summed E-state index contributed by atoms with van der Waals surface area (Å²) in [4.78, 5) is 2.11. The second-order valence-electron chi connectivity index (χ2n) is 4.44. The number of nitrogens with zero attached hydrogens (tertiary/aromatic N) is 1. The van der Waals surface area contributed by atoms with E-state index >= 15 is 0 Å². The predicted octanol–water partition coefficient (Wildman–Crippen LogP) is 2.63. The van der Waals surface area contributed by atoms with E-state index in [2.05, 4.69) is 31.7 Å². The summed E-state index contributed by atoms with van der Waals surface area (Å²) in [6.07, 6.45) is 2.27. The normalized spacial score (nSPS) is 31.7. The minimum atomic E-state index is -0.634. The molecule has 1 aliphatic heterocycles. The van der Waals surface area contributed by atoms with Gasteiger partial charge in [-0.1, -0.05) is 25.5 Å². The zero-order valence-electron chi connectivity index (χ0n) is 9.05. The molecule has 0 spiro atoms. The Morgan fingerprint density at radius 2 is 2.15 bits per heavy atom. The number of hydrogen-bond acceptors (Lipinski definition) is 1. The Labute approximate surface area is 80.6 Å². The molecule has 0 aromatic rings. The van der Waals surface area contributed by atoms with Crippen molar-refractivity contribution >= 4 is 0 Å². The maximum Gasteiger partial charge on any atom is 0.115 e. The molecule has 0 N–H and O–H groups in total. The van der Waals surface area contributed by atoms with E-state index in [0.717, 1.165) is 0 Å². The van der Waals surface area contributed by atoms with Gasteiger partial charge in [0.1, 0.15) is 6.17 Å². The van der Waals surface area contributed by atoms with Gasteiger partial charge >= 0.3 is 0 Å². The van der Waals surface area contributed by atoms with Gasteiger partial charge in [-0.3, -0.25) is 4.90 Å². The van der Waals surface area contributed by atoms with E-state index in [9.17, 15) is 4.39 Å². The van der Waals surface area contributed by atoms with Gasteiger partial charge in [0.15, 0.2) is 0 Å². The number of rotatable bonds is 2. The Morgan fingerprint density at radius 1 is 1.54 bits per heavy atom. The second-order valence-corrected chi connectivity index (χ2v) is 4.44. The second kappa shape index (κ2) is 4.23. The molecule has 0 amide bonds. The molecule has 2 unspecified atom stereocenters. The number of likely N-dealkylation sites (N-methyl/N-ethyl adjacent to an activating group) is 1. The standard InChI is InChI=1S/C11H20FN/c1-8(2)5-9(3)11-6-10(12)7-13(11)4/h5,8,10-11H,6-7H2,1-4H3/b9-5+. The lowest BCUT2D eigenvalue weighted by molar-refractivity contribution is 0.308. The van der Waals surface area contributed by atoms with Gasteiger partial charge in [-0.2, -0.15) is 0 Å². The van der Waals surface area contributed by atoms with Crippen molar-refractivity contribution in [1.82, 2.24) is 4.90 Å². The minimum absolute atomic E-state index is 0.331. The molecule has 0 bridgehead atoms. The van der Waals surface area contributed by atoms with Gasteiger partial charge in [-0.25, -0.2) is 4.39 Å². The van der Waals surface area contributed by atoms with Gasteiger partial charge in [0.05, 0.1) is 0 Å². The van der Waals surface area contributed by atoms with Crippen LogP contribution in [-0.2, 0) is 0 Å². The molecule has 2 heteroatoms. The fourth-order valence-electron chi connectivity index (χ4n) is 2.11. The molecule has 1 rings (SSSR count). The van der Waals surface area contributed by atoms with Crippen LogP contribution >= 0.6 is 0 Å². The van der Waals surface area contributed by atoms with Crippen molar-refractivity contribution in [3.8, 4) is 0 Å². The highest BCUT2D eigenvalue weighted by molar-refractivity contribution is 5.12. The molecular weight excluding hydrogens is 165 g/mol. The van der Waals surface area contributed by atoms with Gasteiger partial charge < -0.3 is 0 Å². The Morgan fingerprint density at radius 3 is 2.54 bits per heavy atom. The van der Waals surface area contributed by atoms with Crippen LogP contribution in [0.15, 0.2) is 11.6 Å². The van der Waals surface area contributed by atoms with Crippen LogP contribution < -0.4 is 0 Å². The van der Waals surface area contributed by atoms with E-state index in [-0.39, 0.29) is 0 Å². The number of halogens is 1. The van der Waals surface area contributed by atoms with E-state index < -0.39 is 6.17 Å². The van der Waals surface area contributed by atoms with E-state index in [1.54, 1.807) is 0 Å². The molecule has 0 aliphatic carbocycles. The number of allylic oxidation sites excluding steroid dienone is 1. The van der Waals surface area contributed by atoms with Gasteiger partial charge in [0.2, 0.25) is 0 Å². The van der Waals surface area contributed by atoms with Gasteiger partial charge in [-0.05, 0) is 26.3 Å². The molecule has 1 saturated heterocycles. The SMILES string of the molecule is C/C(=C\C(C)C)C1CC(F)CN1C. The zero-order chi connectivity index (χ0) is 10.0. The third-order valence-electron chi connectivity index (χ3n) is 2.62. The quantitative estimate of drug-likeness (QED) is 0.598. The molecular formula is C11H20FN. The maximum absolute atomic E-state index is 13.1. The average Bonchev–Trinajstić information content (AvgIpc) is 2.28. The molecule has 0 saturated carbocycles. The largest absolute Gasteiger partial charge is 0.297 e. The highest BCUT2D eigenvalue weighted by Gasteiger charge is 2.29. The first kappa shape index (κ1) is 10.7. The minimum Gasteiger partial charge on any atom is -0.297 e. The van der Waals surface area contributed by atoms with E-state index in [0.29, 0.717) is 24.9 Å². The Balaban J connectivity index is 2.61. The van der Waals surface area contributed by atoms with Crippen LogP contribution in [-0.4, -0.2) is 30.7 Å². The van der Waals surface area contributed by atoms with Crippen LogP contribution in [0.2, 0.25) is 0 Å². The molecule has 1 fully saturated rings. The molecule has 1 aliphatic rings. The summed E-state index contributed by atoms with van der Waals surface area (Å²) < 4.78 is 13.1. The predicted molar refractivity (Wildman–Crippen MR) is 54.5 cm³/mol. The summed E-state index contributed by atoms with van der Waals surface area (Å²) in [6.45, 7) is 7.02. The van der Waals surface area contributed by atoms with Crippen molar-refractivity contribution in [3.63, 3.8) is 0 Å². The monoisotopic (exact) mass is 185 g/mol. The van der Waals surface area contributed by atoms with E-state index in [1.165, 1.54) is 5.57 Å². The lowest BCUT2D eigenvalue weighted by Crippen LogP contribution is -2.26. The van der Waals surface area contributed by atoms with Gasteiger partial charge in [0, 0.05) is 12.6 Å². The van der Waals surface area contributed by atoms with Gasteiger partial charge in [-0.15, -0.1) is 0 Å². The van der Waals surface area contributed by atoms with Crippen LogP contribution in [0, 0.1) is 5.92 Å². The Bertz CT molecular complexity index is 198. The first-order valence-corrected chi connectivity index (χ1v) is 5.03. The maximum atomic E-state index is 13.1. The third-order valence-corrected chi connectivity index (χ3v) is 2.62. The van der Waals surface area contributed by atoms with Crippen molar-refractivity contribution in [2.24, 2.45) is 5.92 Å². The molecule has 0 radical (unpaired) electrons. The van der Waals surface area contributed by atoms with Crippen LogP contribution in [0.1, 0.15) is 27.2 Å². The van der Waals surface area contributed by atoms with Crippen LogP contribution in [0.5, 0.6) is 0 Å². The molecule has 0 aromatic carbocycles. The number of likely N-dealkylation sites (tertiary alicyclic amines) is 1. The molecule has 0 aromatic heterocycles. The van der Waals surface area contributed by atoms with Crippen molar-refractivity contribution in [2.45, 2.75) is 39.4 Å². The van der Waals surface area contributed by atoms with Crippen molar-refractivity contribution in [1.29, 1.82) is 0 Å². The lowest BCUT2D eigenvalue weighted by Gasteiger charge is -2.20. The van der Waals surface area contributed by atoms with Crippen LogP contribution in [0.4, 0.5) is 4.39 Å². The topological polar surface area (TPSA) is 3.24 Å². The Kier molecular flexibility index (Phi) is 3.48. The fraction of sp³-hybridized carbons (Fsp3) is 0.818. The number of alkyl halides is 1. The van der Waals surface area contributed by atoms with Crippen molar-refractivity contribution in [2.75, 3.05) is 13.6 Å². The fourth-order valence-corrected chi connectivity index (χ4v) is 2.11. The summed E-state index contributed by atoms with van der Waals surface area (Å²) in [7, 11) is 2.00. The molecule has 1 heterocycles. The molecule has 76 valence electrons. The highest BCUT2D eigenvalue weighted by Crippen LogP contribution is 2.24. The third kappa shape index (κ3) is 2.80. The smallest absolute Gasteiger partial charge is 0.115 e. The summed E-state index contributed by atoms with van der Waals surface area (Å²) in [5.41, 5.74) is 1.32. The van der Waals surface area contributed by atoms with Crippen molar-refractivity contribution in [3.05, 3.63) is 11.6 Å². The molecule has 13 heavy (non-hydrogen) atoms. The highest BCUT2D eigenvalue weighted by atomic mass is 19.1. The summed E-state index contributed by atoms with van der Waals surface area (Å²) in [5, 5.41) is 0. The van der Waals surface area contributed by atoms with E-state index in [1.807, 2.05) is 7.05 Å². The Hall–Kier alpha value is -0.370. The number of hydrogen-bond donors (Lipinski definition) is 0. The summed E-state index contributed by atoms with van der Waals surface area (Å²) in [6, 6.07) is 0.331. The van der Waals surface area contributed by atoms with Crippen LogP contribution in [0.3, 0.4) is 0 Å². The van der Waals surface area contributed by atoms with E-state index in [4.69, 9.17) is 0 Å². The molecule has 1 nitrogen and oxygen atoms in total. The van der Waals surface area contributed by atoms with Crippen molar-refractivity contribution < 1.29 is 4.39 Å².